The van der Waals surface area contributed by atoms with Crippen molar-refractivity contribution in [3.8, 4) is 0 Å². The van der Waals surface area contributed by atoms with E-state index in [1.165, 1.54) is 12.8 Å². The maximum Gasteiger partial charge on any atom is 0.136 e. The van der Waals surface area contributed by atoms with Gasteiger partial charge >= 0.3 is 0 Å². The van der Waals surface area contributed by atoms with Crippen LogP contribution < -0.4 is 10.6 Å². The average molecular weight is 276 g/mol. The van der Waals surface area contributed by atoms with Crippen molar-refractivity contribution in [1.29, 1.82) is 0 Å². The van der Waals surface area contributed by atoms with E-state index in [2.05, 4.69) is 43.3 Å². The van der Waals surface area contributed by atoms with Gasteiger partial charge in [-0.25, -0.2) is 9.97 Å². The van der Waals surface area contributed by atoms with Gasteiger partial charge in [0, 0.05) is 24.1 Å². The number of anilines is 2. The van der Waals surface area contributed by atoms with E-state index in [0.29, 0.717) is 5.92 Å². The van der Waals surface area contributed by atoms with E-state index < -0.39 is 0 Å². The molecule has 0 atom stereocenters. The van der Waals surface area contributed by atoms with E-state index in [4.69, 9.17) is 4.98 Å². The van der Waals surface area contributed by atoms with Gasteiger partial charge in [0.15, 0.2) is 0 Å². The summed E-state index contributed by atoms with van der Waals surface area (Å²) in [4.78, 5) is 9.47. The van der Waals surface area contributed by atoms with Crippen LogP contribution in [-0.2, 0) is 0 Å². The second-order valence-corrected chi connectivity index (χ2v) is 5.89. The lowest BCUT2D eigenvalue weighted by molar-refractivity contribution is 0.418. The molecule has 4 heteroatoms. The predicted molar refractivity (Wildman–Crippen MR) is 85.5 cm³/mol. The number of nitrogens with one attached hydrogen (secondary N) is 2. The van der Waals surface area contributed by atoms with Crippen LogP contribution in [0.5, 0.6) is 0 Å². The lowest BCUT2D eigenvalue weighted by atomic mass is 9.89. The zero-order chi connectivity index (χ0) is 14.8. The standard InChI is InChI=1S/C16H28N4/c1-6-16(7-2,8-3)20-14-11(4)13(17-5)18-15(19-14)12-9-10-12/h12H,6-10H2,1-5H3,(H2,17,18,19,20). The molecule has 1 aliphatic rings. The van der Waals surface area contributed by atoms with E-state index in [1.54, 1.807) is 0 Å². The molecule has 112 valence electrons. The number of rotatable bonds is 7. The highest BCUT2D eigenvalue weighted by molar-refractivity contribution is 5.58. The largest absolute Gasteiger partial charge is 0.373 e. The van der Waals surface area contributed by atoms with Gasteiger partial charge in [0.05, 0.1) is 0 Å². The maximum absolute atomic E-state index is 4.81. The Morgan fingerprint density at radius 1 is 1.05 bits per heavy atom. The van der Waals surface area contributed by atoms with Crippen LogP contribution >= 0.6 is 0 Å². The third-order valence-corrected chi connectivity index (χ3v) is 4.76. The number of aromatic nitrogens is 2. The first-order chi connectivity index (χ1) is 9.59. The molecule has 1 heterocycles. The highest BCUT2D eigenvalue weighted by Crippen LogP contribution is 2.40. The maximum atomic E-state index is 4.81. The molecule has 0 aliphatic heterocycles. The summed E-state index contributed by atoms with van der Waals surface area (Å²) < 4.78 is 0. The van der Waals surface area contributed by atoms with Crippen LogP contribution in [0.2, 0.25) is 0 Å². The summed E-state index contributed by atoms with van der Waals surface area (Å²) in [7, 11) is 1.93. The van der Waals surface area contributed by atoms with E-state index in [9.17, 15) is 0 Å². The first-order valence-corrected chi connectivity index (χ1v) is 7.93. The molecule has 0 unspecified atom stereocenters. The fourth-order valence-corrected chi connectivity index (χ4v) is 2.69. The highest BCUT2D eigenvalue weighted by atomic mass is 15.1. The van der Waals surface area contributed by atoms with Gasteiger partial charge < -0.3 is 10.6 Å². The molecule has 1 aromatic heterocycles. The van der Waals surface area contributed by atoms with Crippen LogP contribution in [0.15, 0.2) is 0 Å². The predicted octanol–water partition coefficient (Wildman–Crippen LogP) is 4.08. The summed E-state index contributed by atoms with van der Waals surface area (Å²) in [6, 6.07) is 0. The van der Waals surface area contributed by atoms with E-state index >= 15 is 0 Å². The molecular weight excluding hydrogens is 248 g/mol. The number of hydrogen-bond donors (Lipinski definition) is 2. The first kappa shape index (κ1) is 15.1. The zero-order valence-electron chi connectivity index (χ0n) is 13.5. The number of nitrogens with zero attached hydrogens (tertiary/aromatic N) is 2. The van der Waals surface area contributed by atoms with Gasteiger partial charge in [-0.2, -0.15) is 0 Å². The first-order valence-electron chi connectivity index (χ1n) is 7.93. The van der Waals surface area contributed by atoms with Crippen LogP contribution in [-0.4, -0.2) is 22.6 Å². The van der Waals surface area contributed by atoms with Crippen molar-refractivity contribution < 1.29 is 0 Å². The Balaban J connectivity index is 2.36. The average Bonchev–Trinajstić information content (AvgIpc) is 3.31. The molecule has 4 nitrogen and oxygen atoms in total. The molecule has 2 N–H and O–H groups in total. The summed E-state index contributed by atoms with van der Waals surface area (Å²) in [6.07, 6.45) is 5.78. The highest BCUT2D eigenvalue weighted by Gasteiger charge is 2.30. The summed E-state index contributed by atoms with van der Waals surface area (Å²) >= 11 is 0. The van der Waals surface area contributed by atoms with Crippen molar-refractivity contribution in [3.05, 3.63) is 11.4 Å². The minimum absolute atomic E-state index is 0.144. The molecule has 1 fully saturated rings. The summed E-state index contributed by atoms with van der Waals surface area (Å²) in [5, 5.41) is 6.92. The van der Waals surface area contributed by atoms with Crippen LogP contribution in [0.25, 0.3) is 0 Å². The van der Waals surface area contributed by atoms with Gasteiger partial charge in [-0.05, 0) is 39.0 Å². The number of hydrogen-bond acceptors (Lipinski definition) is 4. The Hall–Kier alpha value is -1.32. The minimum atomic E-state index is 0.144. The fraction of sp³-hybridized carbons (Fsp3) is 0.750. The topological polar surface area (TPSA) is 49.8 Å². The van der Waals surface area contributed by atoms with Crippen molar-refractivity contribution in [2.45, 2.75) is 71.3 Å². The lowest BCUT2D eigenvalue weighted by Crippen LogP contribution is -2.37. The second-order valence-electron chi connectivity index (χ2n) is 5.89. The zero-order valence-corrected chi connectivity index (χ0v) is 13.5. The van der Waals surface area contributed by atoms with Gasteiger partial charge in [-0.15, -0.1) is 0 Å². The molecule has 1 aliphatic carbocycles. The van der Waals surface area contributed by atoms with Crippen LogP contribution in [0, 0.1) is 6.92 Å². The van der Waals surface area contributed by atoms with Crippen molar-refractivity contribution in [2.75, 3.05) is 17.7 Å². The molecule has 0 bridgehead atoms. The monoisotopic (exact) mass is 276 g/mol. The van der Waals surface area contributed by atoms with Gasteiger partial charge in [0.1, 0.15) is 17.5 Å². The van der Waals surface area contributed by atoms with Gasteiger partial charge in [-0.1, -0.05) is 20.8 Å². The van der Waals surface area contributed by atoms with Gasteiger partial charge in [0.25, 0.3) is 0 Å². The van der Waals surface area contributed by atoms with Crippen molar-refractivity contribution >= 4 is 11.6 Å². The quantitative estimate of drug-likeness (QED) is 0.787. The summed E-state index contributed by atoms with van der Waals surface area (Å²) in [5.74, 6) is 3.54. The molecule has 1 aromatic rings. The van der Waals surface area contributed by atoms with Crippen molar-refractivity contribution in [1.82, 2.24) is 9.97 Å². The molecule has 1 saturated carbocycles. The normalized spacial score (nSPS) is 15.2. The molecular formula is C16H28N4. The smallest absolute Gasteiger partial charge is 0.136 e. The third-order valence-electron chi connectivity index (χ3n) is 4.76. The SMILES string of the molecule is CCC(CC)(CC)Nc1nc(C2CC2)nc(NC)c1C. The van der Waals surface area contributed by atoms with Crippen molar-refractivity contribution in [2.24, 2.45) is 0 Å². The molecule has 0 spiro atoms. The van der Waals surface area contributed by atoms with E-state index in [1.807, 2.05) is 7.05 Å². The van der Waals surface area contributed by atoms with Crippen LogP contribution in [0.4, 0.5) is 11.6 Å². The summed E-state index contributed by atoms with van der Waals surface area (Å²) in [5.41, 5.74) is 1.27. The minimum Gasteiger partial charge on any atom is -0.373 e. The van der Waals surface area contributed by atoms with Gasteiger partial charge in [-0.3, -0.25) is 0 Å². The van der Waals surface area contributed by atoms with E-state index in [-0.39, 0.29) is 5.54 Å². The summed E-state index contributed by atoms with van der Waals surface area (Å²) in [6.45, 7) is 8.84. The molecule has 20 heavy (non-hydrogen) atoms. The Labute approximate surface area is 122 Å². The van der Waals surface area contributed by atoms with Crippen molar-refractivity contribution in [3.63, 3.8) is 0 Å². The molecule has 0 aromatic carbocycles. The molecule has 0 radical (unpaired) electrons. The molecule has 0 amide bonds. The van der Waals surface area contributed by atoms with E-state index in [0.717, 1.165) is 42.3 Å². The molecule has 2 rings (SSSR count). The Morgan fingerprint density at radius 2 is 1.60 bits per heavy atom. The van der Waals surface area contributed by atoms with Crippen LogP contribution in [0.1, 0.15) is 70.2 Å². The second kappa shape index (κ2) is 5.98. The fourth-order valence-electron chi connectivity index (χ4n) is 2.69. The van der Waals surface area contributed by atoms with Gasteiger partial charge in [0.2, 0.25) is 0 Å². The molecule has 0 saturated heterocycles. The Bertz CT molecular complexity index is 454. The third kappa shape index (κ3) is 2.89. The Morgan fingerprint density at radius 3 is 2.05 bits per heavy atom. The van der Waals surface area contributed by atoms with Crippen LogP contribution in [0.3, 0.4) is 0 Å². The lowest BCUT2D eigenvalue weighted by Gasteiger charge is -2.33. The Kier molecular flexibility index (Phi) is 4.51.